The molecule has 0 radical (unpaired) electrons. The zero-order valence-electron chi connectivity index (χ0n) is 14.5. The Labute approximate surface area is 136 Å². The molecule has 0 amide bonds. The van der Waals surface area contributed by atoms with Gasteiger partial charge in [0.25, 0.3) is 0 Å². The van der Waals surface area contributed by atoms with Crippen molar-refractivity contribution in [2.45, 2.75) is 64.0 Å². The summed E-state index contributed by atoms with van der Waals surface area (Å²) in [4.78, 5) is 11.0. The normalized spacial score (nSPS) is 12.0. The Kier molecular flexibility index (Phi) is 10.7. The summed E-state index contributed by atoms with van der Waals surface area (Å²) in [5.41, 5.74) is 0. The second-order valence-electron chi connectivity index (χ2n) is 6.64. The molecule has 0 aromatic carbocycles. The second-order valence-corrected chi connectivity index (χ2v) is 15.5. The molecule has 0 unspecified atom stereocenters. The summed E-state index contributed by atoms with van der Waals surface area (Å²) in [7, 11) is -3.32. The predicted octanol–water partition coefficient (Wildman–Crippen LogP) is 4.26. The van der Waals surface area contributed by atoms with Gasteiger partial charge >= 0.3 is 6.16 Å². The van der Waals surface area contributed by atoms with Gasteiger partial charge in [-0.2, -0.15) is 0 Å². The first-order valence-corrected chi connectivity index (χ1v) is 14.2. The monoisotopic (exact) mass is 348 g/mol. The molecule has 22 heavy (non-hydrogen) atoms. The number of aliphatic hydroxyl groups excluding tert-OH is 1. The maximum atomic E-state index is 11.0. The number of aliphatic hydroxyl groups is 1. The number of carbonyl (C=O) groups is 1. The average molecular weight is 349 g/mol. The molecule has 1 N–H and O–H groups in total. The van der Waals surface area contributed by atoms with Crippen LogP contribution in [-0.4, -0.2) is 41.1 Å². The van der Waals surface area contributed by atoms with Crippen LogP contribution in [0.1, 0.15) is 25.7 Å². The molecule has 0 saturated heterocycles. The van der Waals surface area contributed by atoms with Gasteiger partial charge in [0, 0.05) is 6.61 Å². The molecule has 0 aliphatic carbocycles. The van der Waals surface area contributed by atoms with Crippen LogP contribution in [-0.2, 0) is 13.6 Å². The van der Waals surface area contributed by atoms with Gasteiger partial charge in [-0.05, 0) is 51.1 Å². The summed E-state index contributed by atoms with van der Waals surface area (Å²) in [5.74, 6) is 0. The number of ether oxygens (including phenoxy) is 2. The molecule has 0 saturated carbocycles. The van der Waals surface area contributed by atoms with Gasteiger partial charge in [-0.1, -0.05) is 19.4 Å². The third-order valence-corrected chi connectivity index (χ3v) is 10.8. The van der Waals surface area contributed by atoms with E-state index in [9.17, 15) is 4.79 Å². The minimum absolute atomic E-state index is 0.263. The molecule has 130 valence electrons. The quantitative estimate of drug-likeness (QED) is 0.247. The molecule has 0 atom stereocenters. The number of hydrogen-bond donors (Lipinski definition) is 1. The fourth-order valence-corrected chi connectivity index (χ4v) is 11.4. The van der Waals surface area contributed by atoms with Gasteiger partial charge in [-0.25, -0.2) is 4.79 Å². The van der Waals surface area contributed by atoms with Crippen LogP contribution in [0.3, 0.4) is 0 Å². The summed E-state index contributed by atoms with van der Waals surface area (Å²) in [6.07, 6.45) is 4.08. The summed E-state index contributed by atoms with van der Waals surface area (Å²) in [6.45, 7) is 12.9. The first kappa shape index (κ1) is 21.4. The highest BCUT2D eigenvalue weighted by Gasteiger charge is 2.32. The molecule has 7 heteroatoms. The Bertz CT molecular complexity index is 332. The smallest absolute Gasteiger partial charge is 0.455 e. The molecular formula is C15H32O5Si2. The third kappa shape index (κ3) is 12.0. The Morgan fingerprint density at radius 1 is 1.05 bits per heavy atom. The summed E-state index contributed by atoms with van der Waals surface area (Å²) >= 11 is 0. The fourth-order valence-electron chi connectivity index (χ4n) is 2.42. The molecule has 0 aromatic rings. The van der Waals surface area contributed by atoms with Crippen LogP contribution in [0.2, 0.25) is 38.3 Å². The van der Waals surface area contributed by atoms with Crippen LogP contribution in [0.5, 0.6) is 0 Å². The van der Waals surface area contributed by atoms with E-state index in [1.807, 2.05) is 0 Å². The molecule has 0 aliphatic heterocycles. The van der Waals surface area contributed by atoms with Crippen molar-refractivity contribution >= 4 is 22.8 Å². The van der Waals surface area contributed by atoms with Crippen LogP contribution >= 0.6 is 0 Å². The van der Waals surface area contributed by atoms with Crippen molar-refractivity contribution in [3.8, 4) is 0 Å². The lowest BCUT2D eigenvalue weighted by molar-refractivity contribution is 0.0838. The van der Waals surface area contributed by atoms with E-state index in [4.69, 9.17) is 14.0 Å². The Morgan fingerprint density at radius 3 is 2.09 bits per heavy atom. The van der Waals surface area contributed by atoms with Crippen LogP contribution in [0, 0.1) is 0 Å². The van der Waals surface area contributed by atoms with Gasteiger partial charge < -0.3 is 18.7 Å². The maximum Gasteiger partial charge on any atom is 0.513 e. The van der Waals surface area contributed by atoms with E-state index in [0.717, 1.165) is 44.0 Å². The average Bonchev–Trinajstić information content (AvgIpc) is 2.37. The van der Waals surface area contributed by atoms with Crippen LogP contribution < -0.4 is 0 Å². The van der Waals surface area contributed by atoms with Gasteiger partial charge in [0.05, 0.1) is 12.9 Å². The third-order valence-electron chi connectivity index (χ3n) is 3.31. The highest BCUT2D eigenvalue weighted by molar-refractivity contribution is 6.84. The van der Waals surface area contributed by atoms with Crippen molar-refractivity contribution in [1.29, 1.82) is 0 Å². The summed E-state index contributed by atoms with van der Waals surface area (Å²) in [6, 6.07) is 2.16. The number of rotatable bonds is 12. The molecular weight excluding hydrogens is 316 g/mol. The highest BCUT2D eigenvalue weighted by atomic mass is 28.4. The van der Waals surface area contributed by atoms with Crippen molar-refractivity contribution < 1.29 is 23.5 Å². The van der Waals surface area contributed by atoms with Gasteiger partial charge in [0.15, 0.2) is 16.6 Å². The van der Waals surface area contributed by atoms with E-state index >= 15 is 0 Å². The predicted molar refractivity (Wildman–Crippen MR) is 93.8 cm³/mol. The lowest BCUT2D eigenvalue weighted by Crippen LogP contribution is -2.44. The maximum absolute atomic E-state index is 11.0. The SMILES string of the molecule is C=COC(=O)OCCCC[Si](C)(C)O[Si](C)(C)CCCCO. The molecule has 0 aliphatic rings. The van der Waals surface area contributed by atoms with Crippen LogP contribution in [0.15, 0.2) is 12.8 Å². The van der Waals surface area contributed by atoms with Gasteiger partial charge in [0.1, 0.15) is 0 Å². The van der Waals surface area contributed by atoms with Gasteiger partial charge in [0.2, 0.25) is 0 Å². The molecule has 0 spiro atoms. The summed E-state index contributed by atoms with van der Waals surface area (Å²) < 4.78 is 15.9. The summed E-state index contributed by atoms with van der Waals surface area (Å²) in [5, 5.41) is 8.87. The standard InChI is InChI=1S/C15H32O5Si2/c1-6-18-15(17)19-12-8-10-14-22(4,5)20-21(2,3)13-9-7-11-16/h6,16H,1,7-14H2,2-5H3. The van der Waals surface area contributed by atoms with E-state index in [1.54, 1.807) is 0 Å². The molecule has 0 rings (SSSR count). The minimum atomic E-state index is -1.68. The molecule has 0 bridgehead atoms. The van der Waals surface area contributed by atoms with E-state index < -0.39 is 22.8 Å². The minimum Gasteiger partial charge on any atom is -0.455 e. The van der Waals surface area contributed by atoms with E-state index in [2.05, 4.69) is 37.5 Å². The van der Waals surface area contributed by atoms with E-state index in [-0.39, 0.29) is 6.61 Å². The van der Waals surface area contributed by atoms with Crippen molar-refractivity contribution in [1.82, 2.24) is 0 Å². The Balaban J connectivity index is 3.93. The second kappa shape index (κ2) is 11.0. The number of carbonyl (C=O) groups excluding carboxylic acids is 1. The fraction of sp³-hybridized carbons (Fsp3) is 0.800. The molecule has 0 aromatic heterocycles. The van der Waals surface area contributed by atoms with Crippen LogP contribution in [0.4, 0.5) is 4.79 Å². The zero-order valence-corrected chi connectivity index (χ0v) is 16.5. The van der Waals surface area contributed by atoms with E-state index in [0.29, 0.717) is 6.61 Å². The molecule has 5 nitrogen and oxygen atoms in total. The largest absolute Gasteiger partial charge is 0.513 e. The molecule has 0 heterocycles. The van der Waals surface area contributed by atoms with E-state index in [1.165, 1.54) is 0 Å². The zero-order chi connectivity index (χ0) is 17.1. The van der Waals surface area contributed by atoms with Crippen LogP contribution in [0.25, 0.3) is 0 Å². The van der Waals surface area contributed by atoms with Crippen molar-refractivity contribution in [3.05, 3.63) is 12.8 Å². The molecule has 0 fully saturated rings. The van der Waals surface area contributed by atoms with Crippen molar-refractivity contribution in [2.24, 2.45) is 0 Å². The number of hydrogen-bond acceptors (Lipinski definition) is 5. The lowest BCUT2D eigenvalue weighted by Gasteiger charge is -2.34. The van der Waals surface area contributed by atoms with Crippen molar-refractivity contribution in [3.63, 3.8) is 0 Å². The topological polar surface area (TPSA) is 65.0 Å². The van der Waals surface area contributed by atoms with Crippen molar-refractivity contribution in [2.75, 3.05) is 13.2 Å². The first-order valence-electron chi connectivity index (χ1n) is 7.98. The first-order chi connectivity index (χ1) is 10.2. The Morgan fingerprint density at radius 2 is 1.59 bits per heavy atom. The Hall–Kier alpha value is -0.636. The lowest BCUT2D eigenvalue weighted by atomic mass is 10.4. The highest BCUT2D eigenvalue weighted by Crippen LogP contribution is 2.24. The van der Waals surface area contributed by atoms with Gasteiger partial charge in [-0.15, -0.1) is 0 Å². The van der Waals surface area contributed by atoms with Gasteiger partial charge in [-0.3, -0.25) is 0 Å². The number of unbranched alkanes of at least 4 members (excludes halogenated alkanes) is 2.